The molecule has 3 aromatic rings. The lowest BCUT2D eigenvalue weighted by Crippen LogP contribution is -2.38. The van der Waals surface area contributed by atoms with Gasteiger partial charge in [0.25, 0.3) is 11.8 Å². The number of amides is 1. The summed E-state index contributed by atoms with van der Waals surface area (Å²) in [6.45, 7) is -1.42. The van der Waals surface area contributed by atoms with Gasteiger partial charge in [0.1, 0.15) is 30.5 Å². The van der Waals surface area contributed by atoms with Crippen LogP contribution in [0, 0.1) is 5.82 Å². The van der Waals surface area contributed by atoms with Crippen molar-refractivity contribution in [3.63, 3.8) is 0 Å². The molecule has 2 aromatic heterocycles. The molecule has 1 aliphatic heterocycles. The molecule has 1 atom stereocenters. The molecule has 7 nitrogen and oxygen atoms in total. The van der Waals surface area contributed by atoms with Crippen molar-refractivity contribution >= 4 is 22.9 Å². The maximum atomic E-state index is 14.6. The van der Waals surface area contributed by atoms with Crippen LogP contribution in [-0.2, 0) is 4.74 Å². The van der Waals surface area contributed by atoms with Crippen molar-refractivity contribution in [3.8, 4) is 0 Å². The Kier molecular flexibility index (Phi) is 5.17. The van der Waals surface area contributed by atoms with E-state index in [9.17, 15) is 18.0 Å². The normalized spacial score (nSPS) is 19.0. The zero-order chi connectivity index (χ0) is 21.3. The van der Waals surface area contributed by atoms with Crippen LogP contribution in [0.15, 0.2) is 53.9 Å². The van der Waals surface area contributed by atoms with Crippen molar-refractivity contribution < 1.29 is 22.7 Å². The van der Waals surface area contributed by atoms with Crippen LogP contribution >= 0.6 is 0 Å². The Morgan fingerprint density at radius 1 is 1.30 bits per heavy atom. The van der Waals surface area contributed by atoms with Gasteiger partial charge in [0.2, 0.25) is 0 Å². The van der Waals surface area contributed by atoms with Gasteiger partial charge < -0.3 is 20.2 Å². The van der Waals surface area contributed by atoms with Gasteiger partial charge in [0.15, 0.2) is 0 Å². The molecule has 0 saturated carbocycles. The summed E-state index contributed by atoms with van der Waals surface area (Å²) >= 11 is 0. The van der Waals surface area contributed by atoms with E-state index in [2.05, 4.69) is 15.3 Å². The summed E-state index contributed by atoms with van der Waals surface area (Å²) in [5, 5.41) is 2.57. The fourth-order valence-electron chi connectivity index (χ4n) is 3.23. The summed E-state index contributed by atoms with van der Waals surface area (Å²) < 4.78 is 50.6. The predicted molar refractivity (Wildman–Crippen MR) is 105 cm³/mol. The number of rotatable bonds is 3. The first-order chi connectivity index (χ1) is 14.3. The predicted octanol–water partition coefficient (Wildman–Crippen LogP) is 2.83. The molecule has 30 heavy (non-hydrogen) atoms. The molecule has 0 saturated heterocycles. The summed E-state index contributed by atoms with van der Waals surface area (Å²) in [5.41, 5.74) is 6.25. The van der Waals surface area contributed by atoms with E-state index >= 15 is 0 Å². The molecular weight excluding hydrogens is 399 g/mol. The number of aliphatic imine (C=N–C) groups is 1. The molecule has 1 aromatic carbocycles. The van der Waals surface area contributed by atoms with E-state index in [0.717, 1.165) is 11.6 Å². The van der Waals surface area contributed by atoms with Crippen molar-refractivity contribution in [2.24, 2.45) is 10.7 Å². The minimum absolute atomic E-state index is 0.0398. The SMILES string of the molecule is NC1=NCC(F)(F)C(c2cc(NC(=O)c3cc4cccn4cn3)ccc2F)COC1. The Labute approximate surface area is 169 Å². The summed E-state index contributed by atoms with van der Waals surface area (Å²) in [6, 6.07) is 8.70. The number of alkyl halides is 2. The summed E-state index contributed by atoms with van der Waals surface area (Å²) in [7, 11) is 0. The number of hydrogen-bond donors (Lipinski definition) is 2. The monoisotopic (exact) mass is 417 g/mol. The topological polar surface area (TPSA) is 94.0 Å². The van der Waals surface area contributed by atoms with Gasteiger partial charge in [0.05, 0.1) is 18.9 Å². The van der Waals surface area contributed by atoms with Gasteiger partial charge in [-0.2, -0.15) is 0 Å². The Morgan fingerprint density at radius 3 is 2.97 bits per heavy atom. The fraction of sp³-hybridized carbons (Fsp3) is 0.250. The third-order valence-electron chi connectivity index (χ3n) is 4.82. The zero-order valence-electron chi connectivity index (χ0n) is 15.7. The number of ether oxygens (including phenoxy) is 1. The van der Waals surface area contributed by atoms with E-state index in [1.807, 2.05) is 0 Å². The molecule has 10 heteroatoms. The highest BCUT2D eigenvalue weighted by atomic mass is 19.3. The van der Waals surface area contributed by atoms with E-state index in [1.165, 1.54) is 18.5 Å². The second-order valence-electron chi connectivity index (χ2n) is 6.94. The number of hydrogen-bond acceptors (Lipinski definition) is 5. The summed E-state index contributed by atoms with van der Waals surface area (Å²) in [6.07, 6.45) is 3.27. The average Bonchev–Trinajstić information content (AvgIpc) is 3.18. The maximum Gasteiger partial charge on any atom is 0.276 e. The Morgan fingerprint density at radius 2 is 2.13 bits per heavy atom. The van der Waals surface area contributed by atoms with Crippen LogP contribution in [0.1, 0.15) is 22.0 Å². The van der Waals surface area contributed by atoms with Crippen molar-refractivity contribution in [2.75, 3.05) is 25.1 Å². The first kappa shape index (κ1) is 19.9. The molecule has 0 radical (unpaired) electrons. The number of fused-ring (bicyclic) bond motifs is 1. The second kappa shape index (κ2) is 7.79. The number of halogens is 3. The van der Waals surface area contributed by atoms with E-state index in [0.29, 0.717) is 0 Å². The maximum absolute atomic E-state index is 14.6. The number of anilines is 1. The van der Waals surface area contributed by atoms with Gasteiger partial charge >= 0.3 is 0 Å². The highest BCUT2D eigenvalue weighted by molar-refractivity contribution is 6.03. The molecule has 156 valence electrons. The van der Waals surface area contributed by atoms with Gasteiger partial charge in [-0.1, -0.05) is 0 Å². The van der Waals surface area contributed by atoms with Crippen LogP contribution < -0.4 is 11.1 Å². The van der Waals surface area contributed by atoms with Crippen LogP contribution in [0.5, 0.6) is 0 Å². The standard InChI is InChI=1S/C20H18F3N5O2/c21-16-4-3-12(27-19(29)17-7-13-2-1-5-28(13)11-26-17)6-14(16)15-8-30-9-18(24)25-10-20(15,22)23/h1-7,11,15H,8-10H2,(H2,24,25)(H,27,29). The Bertz CT molecular complexity index is 1130. The third-order valence-corrected chi connectivity index (χ3v) is 4.82. The number of carbonyl (C=O) groups excluding carboxylic acids is 1. The van der Waals surface area contributed by atoms with Gasteiger partial charge in [-0.3, -0.25) is 9.79 Å². The lowest BCUT2D eigenvalue weighted by atomic mass is 9.92. The highest BCUT2D eigenvalue weighted by Crippen LogP contribution is 2.37. The van der Waals surface area contributed by atoms with Gasteiger partial charge in [0, 0.05) is 23.0 Å². The van der Waals surface area contributed by atoms with Crippen LogP contribution in [0.25, 0.3) is 5.52 Å². The van der Waals surface area contributed by atoms with E-state index in [-0.39, 0.29) is 29.4 Å². The minimum Gasteiger partial charge on any atom is -0.386 e. The molecule has 0 fully saturated rings. The molecule has 1 amide bonds. The van der Waals surface area contributed by atoms with Gasteiger partial charge in [-0.15, -0.1) is 0 Å². The smallest absolute Gasteiger partial charge is 0.276 e. The summed E-state index contributed by atoms with van der Waals surface area (Å²) in [5.74, 6) is -6.37. The lowest BCUT2D eigenvalue weighted by molar-refractivity contribution is -0.0473. The Balaban J connectivity index is 1.60. The second-order valence-corrected chi connectivity index (χ2v) is 6.94. The number of nitrogens with zero attached hydrogens (tertiary/aromatic N) is 3. The molecule has 0 aliphatic carbocycles. The number of carbonyl (C=O) groups is 1. The molecule has 3 heterocycles. The molecule has 1 aliphatic rings. The van der Waals surface area contributed by atoms with E-state index in [4.69, 9.17) is 10.5 Å². The molecule has 0 bridgehead atoms. The van der Waals surface area contributed by atoms with Crippen LogP contribution in [0.3, 0.4) is 0 Å². The first-order valence-electron chi connectivity index (χ1n) is 9.11. The number of nitrogens with two attached hydrogens (primary N) is 1. The zero-order valence-corrected chi connectivity index (χ0v) is 15.7. The number of amidine groups is 1. The largest absolute Gasteiger partial charge is 0.386 e. The molecule has 3 N–H and O–H groups in total. The molecule has 0 spiro atoms. The molecule has 4 rings (SSSR count). The third kappa shape index (κ3) is 3.99. The van der Waals surface area contributed by atoms with Crippen LogP contribution in [0.2, 0.25) is 0 Å². The van der Waals surface area contributed by atoms with Crippen LogP contribution in [-0.4, -0.2) is 46.8 Å². The average molecular weight is 417 g/mol. The molecular formula is C20H18F3N5O2. The summed E-state index contributed by atoms with van der Waals surface area (Å²) in [4.78, 5) is 20.2. The van der Waals surface area contributed by atoms with Crippen molar-refractivity contribution in [1.82, 2.24) is 9.38 Å². The Hall–Kier alpha value is -3.40. The van der Waals surface area contributed by atoms with Crippen molar-refractivity contribution in [2.45, 2.75) is 11.8 Å². The van der Waals surface area contributed by atoms with E-state index < -0.39 is 36.7 Å². The molecule has 1 unspecified atom stereocenters. The highest BCUT2D eigenvalue weighted by Gasteiger charge is 2.43. The van der Waals surface area contributed by atoms with Crippen molar-refractivity contribution in [3.05, 3.63) is 66.0 Å². The van der Waals surface area contributed by atoms with Gasteiger partial charge in [-0.25, -0.2) is 18.2 Å². The van der Waals surface area contributed by atoms with Gasteiger partial charge in [-0.05, 0) is 36.4 Å². The quantitative estimate of drug-likeness (QED) is 0.685. The minimum atomic E-state index is -3.38. The number of benzene rings is 1. The lowest BCUT2D eigenvalue weighted by Gasteiger charge is -2.28. The van der Waals surface area contributed by atoms with E-state index in [1.54, 1.807) is 28.8 Å². The number of nitrogens with one attached hydrogen (secondary N) is 1. The first-order valence-corrected chi connectivity index (χ1v) is 9.11. The van der Waals surface area contributed by atoms with Crippen LogP contribution in [0.4, 0.5) is 18.9 Å². The number of aromatic nitrogens is 2. The fourth-order valence-corrected chi connectivity index (χ4v) is 3.23. The van der Waals surface area contributed by atoms with Crippen molar-refractivity contribution in [1.29, 1.82) is 0 Å².